The van der Waals surface area contributed by atoms with E-state index in [9.17, 15) is 0 Å². The van der Waals surface area contributed by atoms with Gasteiger partial charge in [0.15, 0.2) is 0 Å². The van der Waals surface area contributed by atoms with E-state index in [-0.39, 0.29) is 5.92 Å². The minimum Gasteiger partial charge on any atom is -0.457 e. The first-order valence-corrected chi connectivity index (χ1v) is 17.4. The maximum atomic E-state index is 6.82. The average Bonchev–Trinajstić information content (AvgIpc) is 3.15. The van der Waals surface area contributed by atoms with Gasteiger partial charge in [0.25, 0.3) is 0 Å². The summed E-state index contributed by atoms with van der Waals surface area (Å²) in [4.78, 5) is 9.76. The number of ether oxygens (including phenoxy) is 1. The SMILES string of the molecule is Cc1cc(C)c(-c2cc(Oc3cccc([C@H](c4ccccn4)c4ccccc4-c4ccccc4)c3)cc(-c3cc4ccccc4cn3)c2)c(C)c1. The van der Waals surface area contributed by atoms with Gasteiger partial charge in [0.1, 0.15) is 11.5 Å². The molecule has 0 saturated heterocycles. The molecule has 0 bridgehead atoms. The molecule has 0 spiro atoms. The molecule has 0 aliphatic rings. The summed E-state index contributed by atoms with van der Waals surface area (Å²) in [6, 6.07) is 55.3. The van der Waals surface area contributed by atoms with Crippen LogP contribution in [0.4, 0.5) is 0 Å². The summed E-state index contributed by atoms with van der Waals surface area (Å²) in [7, 11) is 0. The summed E-state index contributed by atoms with van der Waals surface area (Å²) in [6.45, 7) is 6.52. The molecule has 3 nitrogen and oxygen atoms in total. The first-order valence-electron chi connectivity index (χ1n) is 17.4. The number of hydrogen-bond donors (Lipinski definition) is 0. The van der Waals surface area contributed by atoms with Gasteiger partial charge in [0.2, 0.25) is 0 Å². The van der Waals surface area contributed by atoms with Crippen molar-refractivity contribution in [3.8, 4) is 45.0 Å². The van der Waals surface area contributed by atoms with Gasteiger partial charge < -0.3 is 4.74 Å². The molecule has 0 fully saturated rings. The second-order valence-electron chi connectivity index (χ2n) is 13.3. The predicted octanol–water partition coefficient (Wildman–Crippen LogP) is 12.5. The number of aryl methyl sites for hydroxylation is 3. The van der Waals surface area contributed by atoms with E-state index in [0.29, 0.717) is 0 Å². The first kappa shape index (κ1) is 31.9. The van der Waals surface area contributed by atoms with Crippen LogP contribution in [0.3, 0.4) is 0 Å². The molecule has 0 aliphatic carbocycles. The third-order valence-corrected chi connectivity index (χ3v) is 9.57. The van der Waals surface area contributed by atoms with Crippen LogP contribution in [-0.2, 0) is 0 Å². The Morgan fingerprint density at radius 3 is 2.04 bits per heavy atom. The predicted molar refractivity (Wildman–Crippen MR) is 210 cm³/mol. The maximum absolute atomic E-state index is 6.82. The number of fused-ring (bicyclic) bond motifs is 1. The van der Waals surface area contributed by atoms with Crippen molar-refractivity contribution < 1.29 is 4.74 Å². The molecule has 2 heterocycles. The van der Waals surface area contributed by atoms with Gasteiger partial charge in [0.05, 0.1) is 17.3 Å². The maximum Gasteiger partial charge on any atom is 0.128 e. The highest BCUT2D eigenvalue weighted by Crippen LogP contribution is 2.40. The van der Waals surface area contributed by atoms with E-state index in [1.807, 2.05) is 30.6 Å². The highest BCUT2D eigenvalue weighted by molar-refractivity contribution is 5.86. The van der Waals surface area contributed by atoms with E-state index in [1.165, 1.54) is 38.9 Å². The van der Waals surface area contributed by atoms with Crippen LogP contribution in [0.2, 0.25) is 0 Å². The van der Waals surface area contributed by atoms with Crippen molar-refractivity contribution >= 4 is 10.8 Å². The second kappa shape index (κ2) is 13.9. The van der Waals surface area contributed by atoms with Crippen molar-refractivity contribution in [1.82, 2.24) is 9.97 Å². The Labute approximate surface area is 299 Å². The third-order valence-electron chi connectivity index (χ3n) is 9.57. The van der Waals surface area contributed by atoms with Crippen LogP contribution in [0.15, 0.2) is 170 Å². The molecule has 1 atom stereocenters. The molecule has 0 aliphatic heterocycles. The van der Waals surface area contributed by atoms with Crippen LogP contribution < -0.4 is 4.74 Å². The molecule has 8 rings (SSSR count). The van der Waals surface area contributed by atoms with Gasteiger partial charge in [-0.1, -0.05) is 115 Å². The van der Waals surface area contributed by atoms with Gasteiger partial charge in [-0.2, -0.15) is 0 Å². The molecule has 0 amide bonds. The van der Waals surface area contributed by atoms with E-state index >= 15 is 0 Å². The zero-order chi connectivity index (χ0) is 34.7. The molecule has 0 unspecified atom stereocenters. The molecule has 8 aromatic rings. The Bertz CT molecular complexity index is 2460. The molecule has 3 heteroatoms. The van der Waals surface area contributed by atoms with Crippen molar-refractivity contribution in [1.29, 1.82) is 0 Å². The molecule has 246 valence electrons. The largest absolute Gasteiger partial charge is 0.457 e. The Kier molecular flexibility index (Phi) is 8.69. The van der Waals surface area contributed by atoms with Crippen molar-refractivity contribution in [2.75, 3.05) is 0 Å². The molecule has 0 N–H and O–H groups in total. The Morgan fingerprint density at radius 1 is 0.510 bits per heavy atom. The van der Waals surface area contributed by atoms with E-state index in [1.54, 1.807) is 0 Å². The van der Waals surface area contributed by atoms with Crippen molar-refractivity contribution in [2.45, 2.75) is 26.7 Å². The van der Waals surface area contributed by atoms with E-state index < -0.39 is 0 Å². The van der Waals surface area contributed by atoms with E-state index in [0.717, 1.165) is 50.3 Å². The van der Waals surface area contributed by atoms with Crippen LogP contribution in [-0.4, -0.2) is 9.97 Å². The Balaban J connectivity index is 1.24. The van der Waals surface area contributed by atoms with Gasteiger partial charge in [-0.3, -0.25) is 9.97 Å². The number of pyridine rings is 2. The minimum absolute atomic E-state index is 0.104. The average molecular weight is 659 g/mol. The second-order valence-corrected chi connectivity index (χ2v) is 13.3. The summed E-state index contributed by atoms with van der Waals surface area (Å²) in [5.74, 6) is 1.42. The van der Waals surface area contributed by atoms with Crippen molar-refractivity contribution in [2.24, 2.45) is 0 Å². The smallest absolute Gasteiger partial charge is 0.128 e. The summed E-state index contributed by atoms with van der Waals surface area (Å²) in [6.07, 6.45) is 3.82. The molecule has 0 saturated carbocycles. The van der Waals surface area contributed by atoms with Crippen LogP contribution in [0.1, 0.15) is 39.4 Å². The molecular formula is C48H38N2O. The number of rotatable bonds is 8. The molecule has 0 radical (unpaired) electrons. The molecule has 51 heavy (non-hydrogen) atoms. The first-order chi connectivity index (χ1) is 25.0. The fourth-order valence-corrected chi connectivity index (χ4v) is 7.41. The topological polar surface area (TPSA) is 35.0 Å². The molecule has 6 aromatic carbocycles. The lowest BCUT2D eigenvalue weighted by atomic mass is 9.83. The lowest BCUT2D eigenvalue weighted by Gasteiger charge is -2.22. The summed E-state index contributed by atoms with van der Waals surface area (Å²) in [5, 5.41) is 2.27. The normalized spacial score (nSPS) is 11.7. The van der Waals surface area contributed by atoms with Crippen LogP contribution in [0, 0.1) is 20.8 Å². The van der Waals surface area contributed by atoms with Crippen LogP contribution >= 0.6 is 0 Å². The number of nitrogens with zero attached hydrogens (tertiary/aromatic N) is 2. The van der Waals surface area contributed by atoms with E-state index in [4.69, 9.17) is 14.7 Å². The Hall–Kier alpha value is -6.32. The van der Waals surface area contributed by atoms with Gasteiger partial charge in [-0.15, -0.1) is 0 Å². The van der Waals surface area contributed by atoms with Gasteiger partial charge in [-0.25, -0.2) is 0 Å². The van der Waals surface area contributed by atoms with Gasteiger partial charge >= 0.3 is 0 Å². The lowest BCUT2D eigenvalue weighted by Crippen LogP contribution is -2.07. The Morgan fingerprint density at radius 2 is 1.24 bits per heavy atom. The highest BCUT2D eigenvalue weighted by atomic mass is 16.5. The minimum atomic E-state index is -0.104. The fraction of sp³-hybridized carbons (Fsp3) is 0.0833. The zero-order valence-electron chi connectivity index (χ0n) is 29.0. The zero-order valence-corrected chi connectivity index (χ0v) is 29.0. The summed E-state index contributed by atoms with van der Waals surface area (Å²) < 4.78 is 6.82. The van der Waals surface area contributed by atoms with Crippen molar-refractivity contribution in [3.63, 3.8) is 0 Å². The molecule has 2 aromatic heterocycles. The summed E-state index contributed by atoms with van der Waals surface area (Å²) >= 11 is 0. The quantitative estimate of drug-likeness (QED) is 0.163. The number of benzene rings is 6. The molecular weight excluding hydrogens is 621 g/mol. The standard InChI is InChI=1S/C48H38N2O/c1-32-24-33(2)47(34(3)25-32)40-26-39(46-30-36-16-7-8-17-38(36)31-50-46)28-42(29-40)51-41-19-13-18-37(27-41)48(45-22-11-12-23-49-45)44-21-10-9-20-43(44)35-14-5-4-6-15-35/h4-31,48H,1-3H3/t48-/m0/s1. The van der Waals surface area contributed by atoms with Crippen molar-refractivity contribution in [3.05, 3.63) is 204 Å². The monoisotopic (exact) mass is 658 g/mol. The van der Waals surface area contributed by atoms with Crippen LogP contribution in [0.25, 0.3) is 44.3 Å². The number of aromatic nitrogens is 2. The van der Waals surface area contributed by atoms with Gasteiger partial charge in [-0.05, 0) is 119 Å². The number of hydrogen-bond acceptors (Lipinski definition) is 3. The van der Waals surface area contributed by atoms with E-state index in [2.05, 4.69) is 160 Å². The van der Waals surface area contributed by atoms with Crippen LogP contribution in [0.5, 0.6) is 11.5 Å². The summed E-state index contributed by atoms with van der Waals surface area (Å²) in [5.41, 5.74) is 13.6. The van der Waals surface area contributed by atoms with Gasteiger partial charge in [0, 0.05) is 23.3 Å². The fourth-order valence-electron chi connectivity index (χ4n) is 7.41. The highest BCUT2D eigenvalue weighted by Gasteiger charge is 2.22. The third kappa shape index (κ3) is 6.67. The lowest BCUT2D eigenvalue weighted by molar-refractivity contribution is 0.482.